The van der Waals surface area contributed by atoms with Gasteiger partial charge in [0.05, 0.1) is 0 Å². The van der Waals surface area contributed by atoms with Crippen molar-refractivity contribution in [3.8, 4) is 0 Å². The van der Waals surface area contributed by atoms with Crippen LogP contribution in [0.15, 0.2) is 76.5 Å². The summed E-state index contributed by atoms with van der Waals surface area (Å²) < 4.78 is 0. The van der Waals surface area contributed by atoms with E-state index in [1.54, 1.807) is 11.8 Å². The molecule has 0 saturated carbocycles. The Bertz CT molecular complexity index is 1120. The lowest BCUT2D eigenvalue weighted by Crippen LogP contribution is -2.27. The highest BCUT2D eigenvalue weighted by Crippen LogP contribution is 2.43. The number of nitrogens with zero attached hydrogens (tertiary/aromatic N) is 1. The number of unbranched alkanes of at least 4 members (excludes halogenated alkanes) is 1. The van der Waals surface area contributed by atoms with Gasteiger partial charge < -0.3 is 4.90 Å². The second-order valence-electron chi connectivity index (χ2n) is 7.80. The highest BCUT2D eigenvalue weighted by atomic mass is 32.2. The molecule has 3 aromatic rings. The Balaban J connectivity index is 1.82. The molecule has 30 heavy (non-hydrogen) atoms. The first-order valence-corrected chi connectivity index (χ1v) is 11.3. The van der Waals surface area contributed by atoms with Gasteiger partial charge in [0, 0.05) is 28.9 Å². The first-order chi connectivity index (χ1) is 14.6. The van der Waals surface area contributed by atoms with Crippen LogP contribution >= 0.6 is 11.8 Å². The standard InChI is InChI=1S/C27H27NOS/c1-4-5-16-28(3)27(29)20-14-15-25-21(17-20)18-24(22-11-7-6-10-19(22)2)23-12-8-9-13-26(23)30-25/h6-15,17-18H,4-5,16H2,1-3H3. The summed E-state index contributed by atoms with van der Waals surface area (Å²) >= 11 is 1.77. The average Bonchev–Trinajstić information content (AvgIpc) is 2.93. The first-order valence-electron chi connectivity index (χ1n) is 10.5. The lowest BCUT2D eigenvalue weighted by atomic mass is 9.92. The second kappa shape index (κ2) is 8.93. The number of rotatable bonds is 5. The third-order valence-corrected chi connectivity index (χ3v) is 6.75. The van der Waals surface area contributed by atoms with Crippen molar-refractivity contribution in [2.24, 2.45) is 0 Å². The van der Waals surface area contributed by atoms with Gasteiger partial charge in [-0.1, -0.05) is 67.6 Å². The molecule has 1 amide bonds. The number of hydrogen-bond donors (Lipinski definition) is 0. The fourth-order valence-electron chi connectivity index (χ4n) is 3.83. The van der Waals surface area contributed by atoms with Crippen molar-refractivity contribution < 1.29 is 4.79 Å². The van der Waals surface area contributed by atoms with E-state index in [0.29, 0.717) is 0 Å². The Morgan fingerprint density at radius 2 is 1.67 bits per heavy atom. The van der Waals surface area contributed by atoms with Crippen LogP contribution in [-0.2, 0) is 0 Å². The zero-order valence-electron chi connectivity index (χ0n) is 17.8. The quantitative estimate of drug-likeness (QED) is 0.354. The molecule has 0 N–H and O–H groups in total. The maximum absolute atomic E-state index is 12.9. The lowest BCUT2D eigenvalue weighted by molar-refractivity contribution is 0.0793. The van der Waals surface area contributed by atoms with Crippen molar-refractivity contribution in [3.63, 3.8) is 0 Å². The Kier molecular flexibility index (Phi) is 6.10. The maximum atomic E-state index is 12.9. The fraction of sp³-hybridized carbons (Fsp3) is 0.222. The molecule has 0 bridgehead atoms. The van der Waals surface area contributed by atoms with Crippen LogP contribution in [0, 0.1) is 6.92 Å². The predicted octanol–water partition coefficient (Wildman–Crippen LogP) is 6.92. The molecular weight excluding hydrogens is 386 g/mol. The topological polar surface area (TPSA) is 20.3 Å². The molecule has 0 aliphatic carbocycles. The molecule has 2 nitrogen and oxygen atoms in total. The number of aryl methyl sites for hydroxylation is 1. The molecule has 0 unspecified atom stereocenters. The summed E-state index contributed by atoms with van der Waals surface area (Å²) in [5.74, 6) is 0.0869. The second-order valence-corrected chi connectivity index (χ2v) is 8.89. The number of amides is 1. The van der Waals surface area contributed by atoms with Gasteiger partial charge in [-0.2, -0.15) is 0 Å². The van der Waals surface area contributed by atoms with Gasteiger partial charge in [0.1, 0.15) is 0 Å². The van der Waals surface area contributed by atoms with Crippen LogP contribution in [-0.4, -0.2) is 24.4 Å². The molecule has 0 saturated heterocycles. The minimum atomic E-state index is 0.0869. The Hall–Kier alpha value is -2.78. The summed E-state index contributed by atoms with van der Waals surface area (Å²) in [6, 6.07) is 23.2. The summed E-state index contributed by atoms with van der Waals surface area (Å²) in [6.45, 7) is 5.09. The summed E-state index contributed by atoms with van der Waals surface area (Å²) in [5.41, 5.74) is 6.78. The van der Waals surface area contributed by atoms with Crippen LogP contribution < -0.4 is 0 Å². The summed E-state index contributed by atoms with van der Waals surface area (Å²) in [7, 11) is 1.89. The van der Waals surface area contributed by atoms with Crippen molar-refractivity contribution >= 4 is 29.3 Å². The zero-order valence-corrected chi connectivity index (χ0v) is 18.6. The highest BCUT2D eigenvalue weighted by molar-refractivity contribution is 7.99. The van der Waals surface area contributed by atoms with E-state index in [1.807, 2.05) is 18.0 Å². The molecule has 0 atom stereocenters. The minimum Gasteiger partial charge on any atom is -0.342 e. The average molecular weight is 414 g/mol. The molecule has 1 heterocycles. The zero-order chi connectivity index (χ0) is 21.1. The van der Waals surface area contributed by atoms with E-state index in [1.165, 1.54) is 32.1 Å². The van der Waals surface area contributed by atoms with E-state index < -0.39 is 0 Å². The smallest absolute Gasteiger partial charge is 0.253 e. The third-order valence-electron chi connectivity index (χ3n) is 5.58. The van der Waals surface area contributed by atoms with E-state index in [4.69, 9.17) is 0 Å². The summed E-state index contributed by atoms with van der Waals surface area (Å²) in [4.78, 5) is 17.2. The fourth-order valence-corrected chi connectivity index (χ4v) is 4.88. The van der Waals surface area contributed by atoms with Gasteiger partial charge in [-0.05, 0) is 71.5 Å². The Morgan fingerprint density at radius 1 is 0.933 bits per heavy atom. The van der Waals surface area contributed by atoms with E-state index in [-0.39, 0.29) is 5.91 Å². The van der Waals surface area contributed by atoms with Gasteiger partial charge in [-0.3, -0.25) is 4.79 Å². The Labute approximate surface area is 183 Å². The largest absolute Gasteiger partial charge is 0.342 e. The number of carbonyl (C=O) groups excluding carboxylic acids is 1. The van der Waals surface area contributed by atoms with Crippen LogP contribution in [0.1, 0.15) is 52.4 Å². The molecule has 0 aromatic heterocycles. The Morgan fingerprint density at radius 3 is 2.43 bits per heavy atom. The van der Waals surface area contributed by atoms with Gasteiger partial charge >= 0.3 is 0 Å². The van der Waals surface area contributed by atoms with Gasteiger partial charge in [-0.25, -0.2) is 0 Å². The van der Waals surface area contributed by atoms with Gasteiger partial charge in [0.2, 0.25) is 0 Å². The number of benzene rings is 3. The third kappa shape index (κ3) is 4.08. The van der Waals surface area contributed by atoms with Crippen molar-refractivity contribution in [2.45, 2.75) is 36.5 Å². The van der Waals surface area contributed by atoms with Crippen LogP contribution in [0.3, 0.4) is 0 Å². The lowest BCUT2D eigenvalue weighted by Gasteiger charge is -2.17. The molecular formula is C27H27NOS. The van der Waals surface area contributed by atoms with Crippen LogP contribution in [0.4, 0.5) is 0 Å². The van der Waals surface area contributed by atoms with Crippen LogP contribution in [0.2, 0.25) is 0 Å². The van der Waals surface area contributed by atoms with Crippen molar-refractivity contribution in [3.05, 3.63) is 94.5 Å². The van der Waals surface area contributed by atoms with Crippen molar-refractivity contribution in [2.75, 3.05) is 13.6 Å². The van der Waals surface area contributed by atoms with Crippen molar-refractivity contribution in [1.29, 1.82) is 0 Å². The highest BCUT2D eigenvalue weighted by Gasteiger charge is 2.20. The molecule has 1 aliphatic rings. The molecule has 3 aromatic carbocycles. The van der Waals surface area contributed by atoms with E-state index in [9.17, 15) is 4.79 Å². The van der Waals surface area contributed by atoms with E-state index in [0.717, 1.165) is 30.5 Å². The molecule has 0 radical (unpaired) electrons. The molecule has 152 valence electrons. The number of carbonyl (C=O) groups is 1. The first kappa shape index (κ1) is 20.5. The monoisotopic (exact) mass is 413 g/mol. The molecule has 1 aliphatic heterocycles. The number of hydrogen-bond acceptors (Lipinski definition) is 2. The minimum absolute atomic E-state index is 0.0869. The SMILES string of the molecule is CCCCN(C)C(=O)c1ccc2c(c1)C=C(c1ccccc1C)c1ccccc1S2. The molecule has 0 spiro atoms. The van der Waals surface area contributed by atoms with E-state index in [2.05, 4.69) is 80.6 Å². The van der Waals surface area contributed by atoms with Crippen LogP contribution in [0.5, 0.6) is 0 Å². The van der Waals surface area contributed by atoms with Gasteiger partial charge in [0.25, 0.3) is 5.91 Å². The normalized spacial score (nSPS) is 12.4. The molecule has 4 rings (SSSR count). The van der Waals surface area contributed by atoms with Crippen molar-refractivity contribution in [1.82, 2.24) is 4.90 Å². The van der Waals surface area contributed by atoms with E-state index >= 15 is 0 Å². The summed E-state index contributed by atoms with van der Waals surface area (Å²) in [5, 5.41) is 0. The predicted molar refractivity (Wildman–Crippen MR) is 127 cm³/mol. The summed E-state index contributed by atoms with van der Waals surface area (Å²) in [6.07, 6.45) is 4.36. The van der Waals surface area contributed by atoms with Gasteiger partial charge in [-0.15, -0.1) is 0 Å². The maximum Gasteiger partial charge on any atom is 0.253 e. The van der Waals surface area contributed by atoms with Crippen LogP contribution in [0.25, 0.3) is 11.6 Å². The molecule has 3 heteroatoms. The number of fused-ring (bicyclic) bond motifs is 2. The molecule has 0 fully saturated rings. The van der Waals surface area contributed by atoms with Gasteiger partial charge in [0.15, 0.2) is 0 Å².